The molecular formula is C15H21FO2. The summed E-state index contributed by atoms with van der Waals surface area (Å²) in [5.41, 5.74) is 0.528. The van der Waals surface area contributed by atoms with Crippen LogP contribution in [0.3, 0.4) is 0 Å². The lowest BCUT2D eigenvalue weighted by atomic mass is 9.71. The van der Waals surface area contributed by atoms with Gasteiger partial charge in [-0.05, 0) is 42.9 Å². The molecule has 1 fully saturated rings. The highest BCUT2D eigenvalue weighted by Crippen LogP contribution is 2.41. The Labute approximate surface area is 107 Å². The van der Waals surface area contributed by atoms with Gasteiger partial charge in [0.2, 0.25) is 0 Å². The van der Waals surface area contributed by atoms with Crippen molar-refractivity contribution in [2.75, 3.05) is 13.2 Å². The fourth-order valence-electron chi connectivity index (χ4n) is 3.11. The Hall–Kier alpha value is -0.930. The van der Waals surface area contributed by atoms with Crippen molar-refractivity contribution in [3.05, 3.63) is 35.6 Å². The van der Waals surface area contributed by atoms with Crippen molar-refractivity contribution in [2.24, 2.45) is 11.3 Å². The SMILES string of the molecule is OCC(CO)(Cc1ccc(F)cc1)C1CCCC1. The first kappa shape index (κ1) is 13.5. The quantitative estimate of drug-likeness (QED) is 0.845. The second-order valence-electron chi connectivity index (χ2n) is 5.46. The lowest BCUT2D eigenvalue weighted by Crippen LogP contribution is -2.39. The molecule has 1 aromatic rings. The molecule has 100 valence electrons. The first-order valence-electron chi connectivity index (χ1n) is 6.66. The van der Waals surface area contributed by atoms with Crippen LogP contribution in [0.15, 0.2) is 24.3 Å². The molecule has 0 atom stereocenters. The maximum absolute atomic E-state index is 12.9. The van der Waals surface area contributed by atoms with E-state index in [1.165, 1.54) is 25.0 Å². The minimum atomic E-state index is -0.450. The van der Waals surface area contributed by atoms with E-state index in [9.17, 15) is 14.6 Å². The van der Waals surface area contributed by atoms with Crippen LogP contribution in [-0.4, -0.2) is 23.4 Å². The lowest BCUT2D eigenvalue weighted by Gasteiger charge is -2.36. The molecule has 0 aliphatic heterocycles. The smallest absolute Gasteiger partial charge is 0.123 e. The van der Waals surface area contributed by atoms with E-state index in [4.69, 9.17) is 0 Å². The molecule has 0 radical (unpaired) electrons. The Kier molecular flexibility index (Phi) is 4.36. The maximum Gasteiger partial charge on any atom is 0.123 e. The summed E-state index contributed by atoms with van der Waals surface area (Å²) in [6, 6.07) is 6.35. The summed E-state index contributed by atoms with van der Waals surface area (Å²) in [7, 11) is 0. The Morgan fingerprint density at radius 1 is 1.06 bits per heavy atom. The van der Waals surface area contributed by atoms with E-state index in [0.29, 0.717) is 12.3 Å². The van der Waals surface area contributed by atoms with E-state index in [1.54, 1.807) is 12.1 Å². The number of benzene rings is 1. The minimum absolute atomic E-state index is 0.00839. The van der Waals surface area contributed by atoms with Gasteiger partial charge in [0.25, 0.3) is 0 Å². The van der Waals surface area contributed by atoms with Gasteiger partial charge >= 0.3 is 0 Å². The molecule has 1 saturated carbocycles. The molecule has 1 aromatic carbocycles. The van der Waals surface area contributed by atoms with Gasteiger partial charge in [0.05, 0.1) is 13.2 Å². The van der Waals surface area contributed by atoms with Crippen molar-refractivity contribution in [1.82, 2.24) is 0 Å². The molecule has 0 heterocycles. The van der Waals surface area contributed by atoms with E-state index in [-0.39, 0.29) is 19.0 Å². The number of halogens is 1. The van der Waals surface area contributed by atoms with E-state index in [2.05, 4.69) is 0 Å². The molecule has 2 rings (SSSR count). The van der Waals surface area contributed by atoms with E-state index in [1.807, 2.05) is 0 Å². The van der Waals surface area contributed by atoms with Crippen LogP contribution >= 0.6 is 0 Å². The van der Waals surface area contributed by atoms with Crippen LogP contribution in [0.5, 0.6) is 0 Å². The third kappa shape index (κ3) is 2.73. The monoisotopic (exact) mass is 252 g/mol. The second kappa shape index (κ2) is 5.81. The summed E-state index contributed by atoms with van der Waals surface area (Å²) in [6.45, 7) is -0.0168. The Morgan fingerprint density at radius 3 is 2.11 bits per heavy atom. The molecule has 3 heteroatoms. The van der Waals surface area contributed by atoms with Crippen molar-refractivity contribution in [1.29, 1.82) is 0 Å². The normalized spacial score (nSPS) is 17.3. The van der Waals surface area contributed by atoms with Crippen LogP contribution in [-0.2, 0) is 6.42 Å². The first-order valence-corrected chi connectivity index (χ1v) is 6.66. The molecule has 0 saturated heterocycles. The van der Waals surface area contributed by atoms with E-state index < -0.39 is 5.41 Å². The molecule has 2 nitrogen and oxygen atoms in total. The van der Waals surface area contributed by atoms with Crippen LogP contribution < -0.4 is 0 Å². The Bertz CT molecular complexity index is 365. The molecule has 0 amide bonds. The molecule has 0 unspecified atom stereocenters. The average Bonchev–Trinajstić information content (AvgIpc) is 2.93. The fourth-order valence-corrected chi connectivity index (χ4v) is 3.11. The van der Waals surface area contributed by atoms with Gasteiger partial charge in [-0.2, -0.15) is 0 Å². The standard InChI is InChI=1S/C15H21FO2/c16-14-7-5-12(6-8-14)9-15(10-17,11-18)13-3-1-2-4-13/h5-8,13,17-18H,1-4,9-11H2. The Balaban J connectivity index is 2.16. The van der Waals surface area contributed by atoms with Gasteiger partial charge < -0.3 is 10.2 Å². The van der Waals surface area contributed by atoms with Crippen LogP contribution in [0.1, 0.15) is 31.2 Å². The highest BCUT2D eigenvalue weighted by Gasteiger charge is 2.39. The van der Waals surface area contributed by atoms with E-state index >= 15 is 0 Å². The number of aliphatic hydroxyl groups is 2. The molecule has 1 aliphatic carbocycles. The summed E-state index contributed by atoms with van der Waals surface area (Å²) < 4.78 is 12.9. The predicted octanol–water partition coefficient (Wildman–Crippen LogP) is 2.53. The molecule has 0 bridgehead atoms. The van der Waals surface area contributed by atoms with E-state index in [0.717, 1.165) is 18.4 Å². The largest absolute Gasteiger partial charge is 0.396 e. The van der Waals surface area contributed by atoms with Crippen LogP contribution in [0.4, 0.5) is 4.39 Å². The third-order valence-corrected chi connectivity index (χ3v) is 4.32. The maximum atomic E-state index is 12.9. The molecule has 0 aromatic heterocycles. The zero-order valence-corrected chi connectivity index (χ0v) is 10.6. The van der Waals surface area contributed by atoms with Gasteiger partial charge in [-0.1, -0.05) is 25.0 Å². The summed E-state index contributed by atoms with van der Waals surface area (Å²) in [4.78, 5) is 0. The number of rotatable bonds is 5. The summed E-state index contributed by atoms with van der Waals surface area (Å²) in [5, 5.41) is 19.4. The number of hydrogen-bond acceptors (Lipinski definition) is 2. The third-order valence-electron chi connectivity index (χ3n) is 4.32. The van der Waals surface area contributed by atoms with Gasteiger partial charge in [-0.25, -0.2) is 4.39 Å². The molecule has 0 spiro atoms. The zero-order valence-electron chi connectivity index (χ0n) is 10.6. The van der Waals surface area contributed by atoms with Gasteiger partial charge in [-0.15, -0.1) is 0 Å². The fraction of sp³-hybridized carbons (Fsp3) is 0.600. The predicted molar refractivity (Wildman–Crippen MR) is 68.7 cm³/mol. The summed E-state index contributed by atoms with van der Waals surface area (Å²) >= 11 is 0. The van der Waals surface area contributed by atoms with Crippen molar-refractivity contribution in [3.63, 3.8) is 0 Å². The van der Waals surface area contributed by atoms with Crippen molar-refractivity contribution < 1.29 is 14.6 Å². The second-order valence-corrected chi connectivity index (χ2v) is 5.46. The minimum Gasteiger partial charge on any atom is -0.396 e. The topological polar surface area (TPSA) is 40.5 Å². The van der Waals surface area contributed by atoms with Gasteiger partial charge in [0, 0.05) is 5.41 Å². The molecular weight excluding hydrogens is 231 g/mol. The molecule has 18 heavy (non-hydrogen) atoms. The highest BCUT2D eigenvalue weighted by molar-refractivity contribution is 5.18. The lowest BCUT2D eigenvalue weighted by molar-refractivity contribution is 0.00570. The average molecular weight is 252 g/mol. The zero-order chi connectivity index (χ0) is 13.0. The van der Waals surface area contributed by atoms with Gasteiger partial charge in [0.15, 0.2) is 0 Å². The molecule has 1 aliphatic rings. The number of hydrogen-bond donors (Lipinski definition) is 2. The van der Waals surface area contributed by atoms with Gasteiger partial charge in [0.1, 0.15) is 5.82 Å². The van der Waals surface area contributed by atoms with Crippen molar-refractivity contribution >= 4 is 0 Å². The van der Waals surface area contributed by atoms with Gasteiger partial charge in [-0.3, -0.25) is 0 Å². The van der Waals surface area contributed by atoms with Crippen LogP contribution in [0, 0.1) is 17.2 Å². The summed E-state index contributed by atoms with van der Waals surface area (Å²) in [6.07, 6.45) is 5.11. The van der Waals surface area contributed by atoms with Crippen LogP contribution in [0.2, 0.25) is 0 Å². The Morgan fingerprint density at radius 2 is 1.61 bits per heavy atom. The van der Waals surface area contributed by atoms with Crippen molar-refractivity contribution in [3.8, 4) is 0 Å². The van der Waals surface area contributed by atoms with Crippen molar-refractivity contribution in [2.45, 2.75) is 32.1 Å². The molecule has 2 N–H and O–H groups in total. The van der Waals surface area contributed by atoms with Crippen LogP contribution in [0.25, 0.3) is 0 Å². The number of aliphatic hydroxyl groups excluding tert-OH is 2. The first-order chi connectivity index (χ1) is 8.70. The summed E-state index contributed by atoms with van der Waals surface area (Å²) in [5.74, 6) is 0.121. The highest BCUT2D eigenvalue weighted by atomic mass is 19.1.